The number of hydrogen-bond donors (Lipinski definition) is 2. The largest absolute Gasteiger partial charge is 0.506 e. The van der Waals surface area contributed by atoms with Crippen LogP contribution in [0, 0.1) is 5.92 Å². The minimum Gasteiger partial charge on any atom is -0.506 e. The molecular weight excluding hydrogens is 408 g/mol. The van der Waals surface area contributed by atoms with E-state index in [2.05, 4.69) is 22.1 Å². The number of rotatable bonds is 5. The van der Waals surface area contributed by atoms with Crippen LogP contribution in [0.4, 0.5) is 0 Å². The van der Waals surface area contributed by atoms with Crippen molar-refractivity contribution in [1.82, 2.24) is 19.8 Å². The van der Waals surface area contributed by atoms with E-state index in [1.54, 1.807) is 22.9 Å². The van der Waals surface area contributed by atoms with Crippen molar-refractivity contribution in [3.05, 3.63) is 34.2 Å². The number of carbonyl (C=O) groups excluding carboxylic acids is 1. The average Bonchev–Trinajstić information content (AvgIpc) is 2.81. The highest BCUT2D eigenvalue weighted by molar-refractivity contribution is 6.01. The number of aromatic hydroxyl groups is 1. The molecule has 2 aromatic rings. The maximum absolute atomic E-state index is 13.4. The zero-order valence-corrected chi connectivity index (χ0v) is 18.6. The fraction of sp³-hybridized carbons (Fsp3) is 0.625. The maximum Gasteiger partial charge on any atom is 0.268 e. The Morgan fingerprint density at radius 3 is 2.72 bits per heavy atom. The molecule has 0 radical (unpaired) electrons. The lowest BCUT2D eigenvalue weighted by molar-refractivity contribution is -0.106. The van der Waals surface area contributed by atoms with Crippen molar-refractivity contribution in [1.29, 1.82) is 0 Å². The fourth-order valence-electron chi connectivity index (χ4n) is 5.48. The van der Waals surface area contributed by atoms with E-state index < -0.39 is 11.5 Å². The average molecular weight is 441 g/mol. The van der Waals surface area contributed by atoms with Gasteiger partial charge in [-0.3, -0.25) is 19.1 Å². The van der Waals surface area contributed by atoms with Gasteiger partial charge in [-0.25, -0.2) is 4.98 Å². The molecule has 8 heteroatoms. The van der Waals surface area contributed by atoms with Gasteiger partial charge in [-0.15, -0.1) is 0 Å². The number of pyridine rings is 2. The lowest BCUT2D eigenvalue weighted by Crippen LogP contribution is -2.55. The Kier molecular flexibility index (Phi) is 5.90. The topological polar surface area (TPSA) is 96.7 Å². The number of ether oxygens (including phenoxy) is 1. The lowest BCUT2D eigenvalue weighted by Gasteiger charge is -2.45. The molecule has 8 nitrogen and oxygen atoms in total. The van der Waals surface area contributed by atoms with Gasteiger partial charge in [-0.2, -0.15) is 0 Å². The van der Waals surface area contributed by atoms with Crippen LogP contribution in [-0.4, -0.2) is 63.3 Å². The van der Waals surface area contributed by atoms with E-state index in [-0.39, 0.29) is 23.5 Å². The summed E-state index contributed by atoms with van der Waals surface area (Å²) in [5.41, 5.74) is -0.238. The zero-order valence-electron chi connectivity index (χ0n) is 18.6. The van der Waals surface area contributed by atoms with Crippen molar-refractivity contribution in [3.63, 3.8) is 0 Å². The van der Waals surface area contributed by atoms with Crippen LogP contribution in [0.15, 0.2) is 23.1 Å². The summed E-state index contributed by atoms with van der Waals surface area (Å²) < 4.78 is 7.34. The molecule has 2 bridgehead atoms. The standard InChI is InChI=1S/C24H32N4O4/c1-15-4-6-16(7-5-15)26-23(30)20-21(29)19-3-2-10-25-22(19)28(24(20)31)12-11-27-13-18-9-8-17(27)14-32-18/h2-3,10,15-18,29H,4-9,11-14H2,1H3,(H,26,30)/t15-,16+,17-,18-/m1/s1. The minimum atomic E-state index is -0.489. The molecule has 0 aromatic carbocycles. The van der Waals surface area contributed by atoms with Gasteiger partial charge in [-0.05, 0) is 56.6 Å². The highest BCUT2D eigenvalue weighted by Gasteiger charge is 2.34. The summed E-state index contributed by atoms with van der Waals surface area (Å²) in [5, 5.41) is 14.3. The summed E-state index contributed by atoms with van der Waals surface area (Å²) in [6.07, 6.45) is 8.00. The van der Waals surface area contributed by atoms with Crippen LogP contribution in [-0.2, 0) is 11.3 Å². The van der Waals surface area contributed by atoms with E-state index in [9.17, 15) is 14.7 Å². The van der Waals surface area contributed by atoms with Crippen LogP contribution < -0.4 is 10.9 Å². The first-order chi connectivity index (χ1) is 15.5. The van der Waals surface area contributed by atoms with Crippen LogP contribution in [0.2, 0.25) is 0 Å². The van der Waals surface area contributed by atoms with Gasteiger partial charge in [0.05, 0.1) is 18.1 Å². The highest BCUT2D eigenvalue weighted by atomic mass is 16.5. The molecule has 5 heterocycles. The Balaban J connectivity index is 1.43. The molecule has 2 atom stereocenters. The molecule has 4 fully saturated rings. The molecule has 2 N–H and O–H groups in total. The number of morpholine rings is 1. The van der Waals surface area contributed by atoms with E-state index in [1.165, 1.54) is 0 Å². The Bertz CT molecular complexity index is 1050. The molecule has 1 aliphatic carbocycles. The number of nitrogens with one attached hydrogen (secondary N) is 1. The summed E-state index contributed by atoms with van der Waals surface area (Å²) in [6, 6.07) is 3.84. The smallest absolute Gasteiger partial charge is 0.268 e. The molecule has 1 amide bonds. The van der Waals surface area contributed by atoms with Crippen LogP contribution in [0.25, 0.3) is 11.0 Å². The van der Waals surface area contributed by atoms with Gasteiger partial charge < -0.3 is 15.2 Å². The normalized spacial score (nSPS) is 28.2. The third kappa shape index (κ3) is 4.01. The molecule has 4 aliphatic rings. The summed E-state index contributed by atoms with van der Waals surface area (Å²) in [6.45, 7) is 4.93. The Hall–Kier alpha value is -2.45. The summed E-state index contributed by atoms with van der Waals surface area (Å²) >= 11 is 0. The molecule has 0 spiro atoms. The number of hydrogen-bond acceptors (Lipinski definition) is 6. The zero-order chi connectivity index (χ0) is 22.2. The monoisotopic (exact) mass is 440 g/mol. The van der Waals surface area contributed by atoms with Crippen LogP contribution in [0.3, 0.4) is 0 Å². The van der Waals surface area contributed by atoms with Crippen molar-refractivity contribution in [3.8, 4) is 5.75 Å². The number of fused-ring (bicyclic) bond motifs is 4. The highest BCUT2D eigenvalue weighted by Crippen LogP contribution is 2.28. The van der Waals surface area contributed by atoms with Crippen molar-refractivity contribution < 1.29 is 14.6 Å². The second kappa shape index (κ2) is 8.83. The first-order valence-corrected chi connectivity index (χ1v) is 11.9. The predicted molar refractivity (Wildman–Crippen MR) is 121 cm³/mol. The summed E-state index contributed by atoms with van der Waals surface area (Å²) in [4.78, 5) is 33.3. The molecule has 3 saturated heterocycles. The van der Waals surface area contributed by atoms with Gasteiger partial charge in [0.2, 0.25) is 0 Å². The molecule has 6 rings (SSSR count). The van der Waals surface area contributed by atoms with E-state index in [0.29, 0.717) is 36.1 Å². The Labute approximate surface area is 187 Å². The van der Waals surface area contributed by atoms with Gasteiger partial charge in [0.1, 0.15) is 17.0 Å². The fourth-order valence-corrected chi connectivity index (χ4v) is 5.48. The van der Waals surface area contributed by atoms with Gasteiger partial charge in [-0.1, -0.05) is 6.92 Å². The van der Waals surface area contributed by atoms with E-state index >= 15 is 0 Å². The van der Waals surface area contributed by atoms with Crippen molar-refractivity contribution in [2.45, 2.75) is 70.2 Å². The summed E-state index contributed by atoms with van der Waals surface area (Å²) in [7, 11) is 0. The summed E-state index contributed by atoms with van der Waals surface area (Å²) in [5.74, 6) is -0.102. The number of carbonyl (C=O) groups is 1. The molecule has 1 saturated carbocycles. The molecule has 172 valence electrons. The van der Waals surface area contributed by atoms with Crippen LogP contribution >= 0.6 is 0 Å². The van der Waals surface area contributed by atoms with Gasteiger partial charge in [0.25, 0.3) is 11.5 Å². The van der Waals surface area contributed by atoms with Crippen LogP contribution in [0.5, 0.6) is 5.75 Å². The SMILES string of the molecule is C[C@H]1CC[C@@H](NC(=O)c2c(O)c3cccnc3n(CCN3C[C@H]4CC[C@@H]3CO4)c2=O)CC1. The quantitative estimate of drug-likeness (QED) is 0.741. The Morgan fingerprint density at radius 2 is 2.03 bits per heavy atom. The molecule has 3 aliphatic heterocycles. The van der Waals surface area contributed by atoms with Gasteiger partial charge in [0.15, 0.2) is 0 Å². The maximum atomic E-state index is 13.4. The van der Waals surface area contributed by atoms with Crippen molar-refractivity contribution >= 4 is 16.9 Å². The second-order valence-electron chi connectivity index (χ2n) is 9.67. The third-order valence-corrected chi connectivity index (χ3v) is 7.48. The predicted octanol–water partition coefficient (Wildman–Crippen LogP) is 2.27. The number of amides is 1. The third-order valence-electron chi connectivity index (χ3n) is 7.48. The van der Waals surface area contributed by atoms with Gasteiger partial charge in [0, 0.05) is 37.9 Å². The van der Waals surface area contributed by atoms with E-state index in [1.807, 2.05) is 0 Å². The first kappa shape index (κ1) is 21.4. The van der Waals surface area contributed by atoms with Gasteiger partial charge >= 0.3 is 0 Å². The molecule has 0 unspecified atom stereocenters. The van der Waals surface area contributed by atoms with E-state index in [4.69, 9.17) is 4.74 Å². The van der Waals surface area contributed by atoms with Crippen LogP contribution in [0.1, 0.15) is 55.8 Å². The number of aromatic nitrogens is 2. The van der Waals surface area contributed by atoms with Crippen molar-refractivity contribution in [2.75, 3.05) is 19.7 Å². The minimum absolute atomic E-state index is 0.0412. The second-order valence-corrected chi connectivity index (χ2v) is 9.67. The number of nitrogens with zero attached hydrogens (tertiary/aromatic N) is 3. The van der Waals surface area contributed by atoms with E-state index in [0.717, 1.165) is 51.7 Å². The lowest BCUT2D eigenvalue weighted by atomic mass is 9.87. The molecular formula is C24H32N4O4. The first-order valence-electron chi connectivity index (χ1n) is 11.9. The molecule has 2 aromatic heterocycles. The number of piperidine rings is 1. The molecule has 32 heavy (non-hydrogen) atoms. The Morgan fingerprint density at radius 1 is 1.22 bits per heavy atom. The van der Waals surface area contributed by atoms with Crippen molar-refractivity contribution in [2.24, 2.45) is 5.92 Å².